The molecule has 0 aliphatic carbocycles. The highest BCUT2D eigenvalue weighted by molar-refractivity contribution is 5.92. The molecule has 3 rings (SSSR count). The quantitative estimate of drug-likeness (QED) is 0.812. The maximum atomic E-state index is 12.8. The summed E-state index contributed by atoms with van der Waals surface area (Å²) in [7, 11) is 3.44. The second kappa shape index (κ2) is 7.97. The maximum absolute atomic E-state index is 12.8. The third kappa shape index (κ3) is 4.19. The van der Waals surface area contributed by atoms with Crippen molar-refractivity contribution in [1.29, 1.82) is 0 Å². The molecule has 2 fully saturated rings. The van der Waals surface area contributed by atoms with Crippen molar-refractivity contribution >= 4 is 11.8 Å². The smallest absolute Gasteiger partial charge is 0.274 e. The predicted molar refractivity (Wildman–Crippen MR) is 92.1 cm³/mol. The standard InChI is InChI=1S/C17H27N5O3/c1-18-16(23)13-11-21(14-4-9-25-10-5-14)7-8-22(12-13)17(24)15-3-6-20(2)19-15/h3,6,13-14H,4-5,7-12H2,1-2H3,(H,18,23)/t13-/m1/s1. The molecular weight excluding hydrogens is 322 g/mol. The minimum absolute atomic E-state index is 0.0159. The summed E-state index contributed by atoms with van der Waals surface area (Å²) in [5.74, 6) is -0.357. The van der Waals surface area contributed by atoms with Gasteiger partial charge in [0.2, 0.25) is 5.91 Å². The van der Waals surface area contributed by atoms with Crippen molar-refractivity contribution in [2.24, 2.45) is 13.0 Å². The molecule has 2 amide bonds. The molecule has 2 aliphatic heterocycles. The summed E-state index contributed by atoms with van der Waals surface area (Å²) in [5.41, 5.74) is 0.428. The zero-order valence-electron chi connectivity index (χ0n) is 15.0. The summed E-state index contributed by atoms with van der Waals surface area (Å²) in [4.78, 5) is 29.2. The van der Waals surface area contributed by atoms with Crippen molar-refractivity contribution in [3.8, 4) is 0 Å². The third-order valence-corrected chi connectivity index (χ3v) is 5.10. The fraction of sp³-hybridized carbons (Fsp3) is 0.706. The van der Waals surface area contributed by atoms with E-state index in [9.17, 15) is 9.59 Å². The number of nitrogens with one attached hydrogen (secondary N) is 1. The van der Waals surface area contributed by atoms with Crippen LogP contribution in [0.5, 0.6) is 0 Å². The van der Waals surface area contributed by atoms with Crippen molar-refractivity contribution in [1.82, 2.24) is 24.9 Å². The molecule has 3 heterocycles. The second-order valence-corrected chi connectivity index (χ2v) is 6.78. The van der Waals surface area contributed by atoms with Crippen LogP contribution in [-0.2, 0) is 16.6 Å². The lowest BCUT2D eigenvalue weighted by Crippen LogP contribution is -2.45. The van der Waals surface area contributed by atoms with Gasteiger partial charge in [-0.2, -0.15) is 5.10 Å². The summed E-state index contributed by atoms with van der Waals surface area (Å²) in [6.07, 6.45) is 3.72. The molecule has 2 aliphatic rings. The molecule has 0 aromatic carbocycles. The highest BCUT2D eigenvalue weighted by Gasteiger charge is 2.33. The van der Waals surface area contributed by atoms with E-state index in [0.29, 0.717) is 31.4 Å². The van der Waals surface area contributed by atoms with Gasteiger partial charge in [-0.3, -0.25) is 19.2 Å². The Morgan fingerprint density at radius 2 is 2.00 bits per heavy atom. The maximum Gasteiger partial charge on any atom is 0.274 e. The number of hydrogen-bond donors (Lipinski definition) is 1. The molecule has 1 atom stereocenters. The molecule has 25 heavy (non-hydrogen) atoms. The molecule has 1 aromatic rings. The van der Waals surface area contributed by atoms with E-state index in [1.54, 1.807) is 35.9 Å². The van der Waals surface area contributed by atoms with Gasteiger partial charge in [-0.15, -0.1) is 0 Å². The number of nitrogens with zero attached hydrogens (tertiary/aromatic N) is 4. The summed E-state index contributed by atoms with van der Waals surface area (Å²) >= 11 is 0. The summed E-state index contributed by atoms with van der Waals surface area (Å²) < 4.78 is 7.08. The first-order valence-electron chi connectivity index (χ1n) is 8.91. The van der Waals surface area contributed by atoms with E-state index < -0.39 is 0 Å². The largest absolute Gasteiger partial charge is 0.381 e. The summed E-state index contributed by atoms with van der Waals surface area (Å²) in [6.45, 7) is 4.02. The van der Waals surface area contributed by atoms with E-state index in [4.69, 9.17) is 4.74 Å². The first kappa shape index (κ1) is 17.9. The molecule has 0 saturated carbocycles. The molecule has 1 N–H and O–H groups in total. The van der Waals surface area contributed by atoms with Gasteiger partial charge >= 0.3 is 0 Å². The molecule has 0 bridgehead atoms. The monoisotopic (exact) mass is 349 g/mol. The number of aromatic nitrogens is 2. The lowest BCUT2D eigenvalue weighted by Gasteiger charge is -2.34. The van der Waals surface area contributed by atoms with Crippen LogP contribution >= 0.6 is 0 Å². The molecule has 138 valence electrons. The lowest BCUT2D eigenvalue weighted by molar-refractivity contribution is -0.125. The van der Waals surface area contributed by atoms with Gasteiger partial charge in [0.1, 0.15) is 5.69 Å². The molecule has 8 heteroatoms. The highest BCUT2D eigenvalue weighted by atomic mass is 16.5. The van der Waals surface area contributed by atoms with Crippen LogP contribution in [0.4, 0.5) is 0 Å². The van der Waals surface area contributed by atoms with Crippen molar-refractivity contribution in [2.45, 2.75) is 18.9 Å². The average molecular weight is 349 g/mol. The molecule has 0 unspecified atom stereocenters. The van der Waals surface area contributed by atoms with E-state index in [0.717, 1.165) is 32.6 Å². The van der Waals surface area contributed by atoms with E-state index >= 15 is 0 Å². The molecule has 1 aromatic heterocycles. The SMILES string of the molecule is CNC(=O)[C@H]1CN(C(=O)c2ccn(C)n2)CCN(C2CCOCC2)C1. The zero-order chi connectivity index (χ0) is 17.8. The van der Waals surface area contributed by atoms with E-state index in [1.165, 1.54) is 0 Å². The van der Waals surface area contributed by atoms with Gasteiger partial charge in [-0.05, 0) is 18.9 Å². The summed E-state index contributed by atoms with van der Waals surface area (Å²) in [6, 6.07) is 2.14. The van der Waals surface area contributed by atoms with Crippen molar-refractivity contribution in [3.05, 3.63) is 18.0 Å². The number of ether oxygens (including phenoxy) is 1. The second-order valence-electron chi connectivity index (χ2n) is 6.78. The number of hydrogen-bond acceptors (Lipinski definition) is 5. The topological polar surface area (TPSA) is 79.7 Å². The van der Waals surface area contributed by atoms with Crippen molar-refractivity contribution < 1.29 is 14.3 Å². The van der Waals surface area contributed by atoms with Crippen LogP contribution < -0.4 is 5.32 Å². The highest BCUT2D eigenvalue weighted by Crippen LogP contribution is 2.20. The number of rotatable bonds is 3. The lowest BCUT2D eigenvalue weighted by atomic mass is 10.0. The van der Waals surface area contributed by atoms with Crippen LogP contribution in [0.25, 0.3) is 0 Å². The van der Waals surface area contributed by atoms with Crippen molar-refractivity contribution in [2.75, 3.05) is 46.4 Å². The van der Waals surface area contributed by atoms with Gasteiger partial charge in [0.25, 0.3) is 5.91 Å². The normalized spacial score (nSPS) is 23.3. The minimum Gasteiger partial charge on any atom is -0.381 e. The Hall–Kier alpha value is -1.93. The third-order valence-electron chi connectivity index (χ3n) is 5.10. The Bertz CT molecular complexity index is 611. The van der Waals surface area contributed by atoms with Crippen LogP contribution in [0.3, 0.4) is 0 Å². The Balaban J connectivity index is 1.75. The molecule has 0 radical (unpaired) electrons. The van der Waals surface area contributed by atoms with Crippen LogP contribution in [0, 0.1) is 5.92 Å². The zero-order valence-corrected chi connectivity index (χ0v) is 15.0. The number of aryl methyl sites for hydroxylation is 1. The van der Waals surface area contributed by atoms with Gasteiger partial charge in [-0.25, -0.2) is 0 Å². The van der Waals surface area contributed by atoms with Gasteiger partial charge in [-0.1, -0.05) is 0 Å². The van der Waals surface area contributed by atoms with Gasteiger partial charge in [0.05, 0.1) is 5.92 Å². The van der Waals surface area contributed by atoms with Gasteiger partial charge in [0.15, 0.2) is 0 Å². The fourth-order valence-corrected chi connectivity index (χ4v) is 3.67. The summed E-state index contributed by atoms with van der Waals surface area (Å²) in [5, 5.41) is 6.95. The van der Waals surface area contributed by atoms with E-state index in [1.807, 2.05) is 0 Å². The predicted octanol–water partition coefficient (Wildman–Crippen LogP) is -0.281. The Kier molecular flexibility index (Phi) is 5.70. The fourth-order valence-electron chi connectivity index (χ4n) is 3.67. The number of carbonyl (C=O) groups excluding carboxylic acids is 2. The van der Waals surface area contributed by atoms with E-state index in [-0.39, 0.29) is 17.7 Å². The molecule has 8 nitrogen and oxygen atoms in total. The van der Waals surface area contributed by atoms with Gasteiger partial charge in [0, 0.05) is 65.7 Å². The minimum atomic E-state index is -0.233. The van der Waals surface area contributed by atoms with Crippen LogP contribution in [0.2, 0.25) is 0 Å². The molecule has 0 spiro atoms. The number of amides is 2. The molecular formula is C17H27N5O3. The van der Waals surface area contributed by atoms with Crippen LogP contribution in [0.1, 0.15) is 23.3 Å². The first-order valence-corrected chi connectivity index (χ1v) is 8.91. The Morgan fingerprint density at radius 3 is 2.64 bits per heavy atom. The average Bonchev–Trinajstić information content (AvgIpc) is 2.95. The molecule has 2 saturated heterocycles. The van der Waals surface area contributed by atoms with Crippen molar-refractivity contribution in [3.63, 3.8) is 0 Å². The van der Waals surface area contributed by atoms with Gasteiger partial charge < -0.3 is 15.0 Å². The van der Waals surface area contributed by atoms with E-state index in [2.05, 4.69) is 15.3 Å². The first-order chi connectivity index (χ1) is 12.1. The Labute approximate surface area is 148 Å². The Morgan fingerprint density at radius 1 is 1.24 bits per heavy atom. The number of carbonyl (C=O) groups is 2. The van der Waals surface area contributed by atoms with Crippen LogP contribution in [-0.4, -0.2) is 83.9 Å². The van der Waals surface area contributed by atoms with Crippen LogP contribution in [0.15, 0.2) is 12.3 Å².